The van der Waals surface area contributed by atoms with Crippen LogP contribution in [0, 0.1) is 10.5 Å². The van der Waals surface area contributed by atoms with Gasteiger partial charge >= 0.3 is 0 Å². The third kappa shape index (κ3) is 1.96. The zero-order valence-electron chi connectivity index (χ0n) is 7.43. The Morgan fingerprint density at radius 3 is 2.54 bits per heavy atom. The summed E-state index contributed by atoms with van der Waals surface area (Å²) < 4.78 is 0.870. The van der Waals surface area contributed by atoms with Crippen molar-refractivity contribution in [2.75, 3.05) is 0 Å². The quantitative estimate of drug-likeness (QED) is 0.476. The summed E-state index contributed by atoms with van der Waals surface area (Å²) >= 11 is 2.09. The monoisotopic (exact) mass is 288 g/mol. The summed E-state index contributed by atoms with van der Waals surface area (Å²) in [5, 5.41) is 0. The van der Waals surface area contributed by atoms with Gasteiger partial charge in [-0.1, -0.05) is 12.1 Å². The molecule has 0 bridgehead atoms. The third-order valence-corrected chi connectivity index (χ3v) is 3.24. The SMILES string of the molecule is CC(=O)c1c(C=O)ccc(C)c1I. The van der Waals surface area contributed by atoms with Crippen LogP contribution in [0.4, 0.5) is 0 Å². The van der Waals surface area contributed by atoms with E-state index in [4.69, 9.17) is 0 Å². The van der Waals surface area contributed by atoms with E-state index in [9.17, 15) is 9.59 Å². The van der Waals surface area contributed by atoms with Gasteiger partial charge in [-0.05, 0) is 42.0 Å². The number of carbonyl (C=O) groups is 2. The molecule has 1 rings (SSSR count). The smallest absolute Gasteiger partial charge is 0.161 e. The Morgan fingerprint density at radius 1 is 1.46 bits per heavy atom. The van der Waals surface area contributed by atoms with Gasteiger partial charge in [0.25, 0.3) is 0 Å². The van der Waals surface area contributed by atoms with Crippen molar-refractivity contribution in [1.29, 1.82) is 0 Å². The van der Waals surface area contributed by atoms with Crippen LogP contribution in [0.1, 0.15) is 33.2 Å². The van der Waals surface area contributed by atoms with Crippen molar-refractivity contribution in [3.05, 3.63) is 32.4 Å². The number of rotatable bonds is 2. The van der Waals surface area contributed by atoms with Gasteiger partial charge in [-0.3, -0.25) is 9.59 Å². The highest BCUT2D eigenvalue weighted by molar-refractivity contribution is 14.1. The Hall–Kier alpha value is -0.710. The van der Waals surface area contributed by atoms with Gasteiger partial charge in [-0.2, -0.15) is 0 Å². The highest BCUT2D eigenvalue weighted by Crippen LogP contribution is 2.20. The maximum absolute atomic E-state index is 11.2. The third-order valence-electron chi connectivity index (χ3n) is 1.85. The standard InChI is InChI=1S/C10H9IO2/c1-6-3-4-8(5-12)9(7(2)13)10(6)11/h3-5H,1-2H3. The van der Waals surface area contributed by atoms with E-state index in [2.05, 4.69) is 22.6 Å². The van der Waals surface area contributed by atoms with Crippen LogP contribution in [-0.2, 0) is 0 Å². The van der Waals surface area contributed by atoms with Gasteiger partial charge < -0.3 is 0 Å². The van der Waals surface area contributed by atoms with E-state index in [1.165, 1.54) is 6.92 Å². The molecule has 0 fully saturated rings. The molecule has 68 valence electrons. The molecule has 0 heterocycles. The molecule has 0 spiro atoms. The molecule has 0 aliphatic rings. The summed E-state index contributed by atoms with van der Waals surface area (Å²) in [5.41, 5.74) is 2.04. The predicted octanol–water partition coefficient (Wildman–Crippen LogP) is 2.61. The molecule has 0 N–H and O–H groups in total. The van der Waals surface area contributed by atoms with Gasteiger partial charge in [0.05, 0.1) is 0 Å². The summed E-state index contributed by atoms with van der Waals surface area (Å²) in [7, 11) is 0. The number of halogens is 1. The van der Waals surface area contributed by atoms with Gasteiger partial charge in [-0.25, -0.2) is 0 Å². The maximum Gasteiger partial charge on any atom is 0.161 e. The average molecular weight is 288 g/mol. The molecule has 1 aromatic carbocycles. The Balaban J connectivity index is 3.50. The first-order valence-corrected chi connectivity index (χ1v) is 4.91. The van der Waals surface area contributed by atoms with Crippen LogP contribution >= 0.6 is 22.6 Å². The second kappa shape index (κ2) is 4.00. The number of aryl methyl sites for hydroxylation is 1. The maximum atomic E-state index is 11.2. The average Bonchev–Trinajstić information content (AvgIpc) is 2.08. The van der Waals surface area contributed by atoms with Gasteiger partial charge in [0.15, 0.2) is 12.1 Å². The topological polar surface area (TPSA) is 34.1 Å². The fourth-order valence-corrected chi connectivity index (χ4v) is 2.02. The van der Waals surface area contributed by atoms with Gasteiger partial charge in [0.1, 0.15) is 0 Å². The summed E-state index contributed by atoms with van der Waals surface area (Å²) in [6.45, 7) is 3.40. The molecule has 0 saturated heterocycles. The Labute approximate surface area is 90.5 Å². The van der Waals surface area contributed by atoms with Crippen molar-refractivity contribution < 1.29 is 9.59 Å². The van der Waals surface area contributed by atoms with E-state index in [1.807, 2.05) is 13.0 Å². The van der Waals surface area contributed by atoms with Crippen LogP contribution in [0.2, 0.25) is 0 Å². The van der Waals surface area contributed by atoms with E-state index in [1.54, 1.807) is 6.07 Å². The lowest BCUT2D eigenvalue weighted by molar-refractivity contribution is 0.100. The summed E-state index contributed by atoms with van der Waals surface area (Å²) in [6, 6.07) is 3.53. The lowest BCUT2D eigenvalue weighted by Gasteiger charge is -2.06. The van der Waals surface area contributed by atoms with Crippen LogP contribution in [0.15, 0.2) is 12.1 Å². The van der Waals surface area contributed by atoms with Crippen molar-refractivity contribution in [1.82, 2.24) is 0 Å². The first-order valence-electron chi connectivity index (χ1n) is 3.83. The van der Waals surface area contributed by atoms with Crippen molar-refractivity contribution in [2.45, 2.75) is 13.8 Å². The molecule has 0 aliphatic heterocycles. The molecule has 0 saturated carbocycles. The minimum atomic E-state index is -0.0600. The first kappa shape index (κ1) is 10.4. The number of benzene rings is 1. The van der Waals surface area contributed by atoms with E-state index >= 15 is 0 Å². The lowest BCUT2D eigenvalue weighted by atomic mass is 10.0. The number of hydrogen-bond acceptors (Lipinski definition) is 2. The minimum absolute atomic E-state index is 0.0600. The van der Waals surface area contributed by atoms with Crippen molar-refractivity contribution in [3.63, 3.8) is 0 Å². The predicted molar refractivity (Wildman–Crippen MR) is 59.3 cm³/mol. The second-order valence-corrected chi connectivity index (χ2v) is 3.91. The summed E-state index contributed by atoms with van der Waals surface area (Å²) in [6.07, 6.45) is 0.721. The van der Waals surface area contributed by atoms with E-state index in [0.29, 0.717) is 11.1 Å². The molecule has 0 amide bonds. The Kier molecular flexibility index (Phi) is 3.19. The largest absolute Gasteiger partial charge is 0.298 e. The van der Waals surface area contributed by atoms with Gasteiger partial charge in [0, 0.05) is 14.7 Å². The van der Waals surface area contributed by atoms with Crippen molar-refractivity contribution in [2.24, 2.45) is 0 Å². The van der Waals surface area contributed by atoms with Gasteiger partial charge in [0.2, 0.25) is 0 Å². The summed E-state index contributed by atoms with van der Waals surface area (Å²) in [5.74, 6) is -0.0600. The lowest BCUT2D eigenvalue weighted by Crippen LogP contribution is -2.03. The fourth-order valence-electron chi connectivity index (χ4n) is 1.15. The molecule has 0 aliphatic carbocycles. The molecular weight excluding hydrogens is 279 g/mol. The normalized spacial score (nSPS) is 9.77. The fraction of sp³-hybridized carbons (Fsp3) is 0.200. The van der Waals surface area contributed by atoms with Crippen LogP contribution in [0.25, 0.3) is 0 Å². The van der Waals surface area contributed by atoms with Crippen LogP contribution in [0.5, 0.6) is 0 Å². The molecule has 0 unspecified atom stereocenters. The molecule has 13 heavy (non-hydrogen) atoms. The molecule has 0 atom stereocenters. The van der Waals surface area contributed by atoms with E-state index in [-0.39, 0.29) is 5.78 Å². The second-order valence-electron chi connectivity index (χ2n) is 2.83. The van der Waals surface area contributed by atoms with Crippen molar-refractivity contribution in [3.8, 4) is 0 Å². The molecule has 2 nitrogen and oxygen atoms in total. The van der Waals surface area contributed by atoms with E-state index in [0.717, 1.165) is 15.4 Å². The zero-order chi connectivity index (χ0) is 10.0. The van der Waals surface area contributed by atoms with E-state index < -0.39 is 0 Å². The minimum Gasteiger partial charge on any atom is -0.298 e. The highest BCUT2D eigenvalue weighted by Gasteiger charge is 2.12. The summed E-state index contributed by atoms with van der Waals surface area (Å²) in [4.78, 5) is 21.9. The molecule has 0 aromatic heterocycles. The van der Waals surface area contributed by atoms with Crippen LogP contribution in [-0.4, -0.2) is 12.1 Å². The number of hydrogen-bond donors (Lipinski definition) is 0. The number of Topliss-reactive ketones (excluding diaryl/α,β-unsaturated/α-hetero) is 1. The Bertz CT molecular complexity index is 369. The molecular formula is C10H9IO2. The molecule has 1 aromatic rings. The number of aldehydes is 1. The Morgan fingerprint density at radius 2 is 2.08 bits per heavy atom. The van der Waals surface area contributed by atoms with Crippen LogP contribution in [0.3, 0.4) is 0 Å². The number of ketones is 1. The number of carbonyl (C=O) groups excluding carboxylic acids is 2. The first-order chi connectivity index (χ1) is 6.07. The van der Waals surface area contributed by atoms with Gasteiger partial charge in [-0.15, -0.1) is 0 Å². The van der Waals surface area contributed by atoms with Crippen LogP contribution < -0.4 is 0 Å². The molecule has 0 radical (unpaired) electrons. The molecule has 3 heteroatoms. The zero-order valence-corrected chi connectivity index (χ0v) is 9.58. The van der Waals surface area contributed by atoms with Crippen molar-refractivity contribution >= 4 is 34.7 Å². The highest BCUT2D eigenvalue weighted by atomic mass is 127.